The van der Waals surface area contributed by atoms with Gasteiger partial charge in [-0.15, -0.1) is 0 Å². The average molecular weight is 472 g/mol. The van der Waals surface area contributed by atoms with Crippen molar-refractivity contribution in [3.05, 3.63) is 95.0 Å². The first kappa shape index (κ1) is 23.5. The van der Waals surface area contributed by atoms with E-state index in [0.717, 1.165) is 9.87 Å². The second kappa shape index (κ2) is 10.9. The predicted molar refractivity (Wildman–Crippen MR) is 124 cm³/mol. The van der Waals surface area contributed by atoms with E-state index in [4.69, 9.17) is 11.6 Å². The first-order valence-corrected chi connectivity index (χ1v) is 11.6. The zero-order valence-corrected chi connectivity index (χ0v) is 18.6. The molecular weight excluding hydrogens is 450 g/mol. The van der Waals surface area contributed by atoms with Crippen LogP contribution in [0.15, 0.2) is 88.9 Å². The normalized spacial score (nSPS) is 11.7. The highest BCUT2D eigenvalue weighted by Gasteiger charge is 2.26. The number of benzene rings is 3. The zero-order chi connectivity index (χ0) is 23.0. The van der Waals surface area contributed by atoms with Gasteiger partial charge in [-0.05, 0) is 48.4 Å². The monoisotopic (exact) mass is 471 g/mol. The Balaban J connectivity index is 1.74. The Labute approximate surface area is 192 Å². The van der Waals surface area contributed by atoms with Crippen LogP contribution in [0, 0.1) is 0 Å². The van der Waals surface area contributed by atoms with Gasteiger partial charge < -0.3 is 5.11 Å². The van der Waals surface area contributed by atoms with Crippen LogP contribution in [-0.4, -0.2) is 43.0 Å². The van der Waals surface area contributed by atoms with E-state index in [-0.39, 0.29) is 17.2 Å². The number of hydrazone groups is 1. The number of halogens is 1. The number of sulfonamides is 1. The van der Waals surface area contributed by atoms with E-state index in [0.29, 0.717) is 17.0 Å². The topological polar surface area (TPSA) is 99.1 Å². The van der Waals surface area contributed by atoms with Crippen molar-refractivity contribution >= 4 is 33.7 Å². The van der Waals surface area contributed by atoms with Gasteiger partial charge in [-0.25, -0.2) is 13.8 Å². The summed E-state index contributed by atoms with van der Waals surface area (Å²) >= 11 is 5.88. The summed E-state index contributed by atoms with van der Waals surface area (Å²) in [6, 6.07) is 21.7. The molecule has 2 N–H and O–H groups in total. The summed E-state index contributed by atoms with van der Waals surface area (Å²) in [5.41, 5.74) is 3.68. The molecular formula is C23H22ClN3O4S. The fourth-order valence-electron chi connectivity index (χ4n) is 2.90. The maximum atomic E-state index is 13.2. The first-order valence-electron chi connectivity index (χ1n) is 9.76. The van der Waals surface area contributed by atoms with Crippen molar-refractivity contribution < 1.29 is 18.3 Å². The van der Waals surface area contributed by atoms with Gasteiger partial charge in [-0.1, -0.05) is 54.1 Å². The van der Waals surface area contributed by atoms with Gasteiger partial charge in [-0.2, -0.15) is 9.41 Å². The average Bonchev–Trinajstić information content (AvgIpc) is 2.79. The molecule has 0 aliphatic rings. The smallest absolute Gasteiger partial charge is 0.255 e. The van der Waals surface area contributed by atoms with Crippen LogP contribution in [-0.2, 0) is 21.2 Å². The van der Waals surface area contributed by atoms with E-state index >= 15 is 0 Å². The fourth-order valence-corrected chi connectivity index (χ4v) is 4.43. The molecule has 0 fully saturated rings. The van der Waals surface area contributed by atoms with E-state index in [1.807, 2.05) is 30.3 Å². The Morgan fingerprint density at radius 1 is 1.00 bits per heavy atom. The quantitative estimate of drug-likeness (QED) is 0.369. The fraction of sp³-hybridized carbons (Fsp3) is 0.130. The SMILES string of the molecule is O=C(CN(CCc1ccccc1)S(=O)(=O)c1ccc(Cl)cc1)NN=Cc1ccccc1O. The maximum Gasteiger partial charge on any atom is 0.255 e. The third-order valence-corrected chi connectivity index (χ3v) is 6.71. The summed E-state index contributed by atoms with van der Waals surface area (Å²) in [6.45, 7) is -0.318. The number of amides is 1. The molecule has 0 radical (unpaired) electrons. The molecule has 0 aliphatic heterocycles. The van der Waals surface area contributed by atoms with Gasteiger partial charge in [-0.3, -0.25) is 4.79 Å². The van der Waals surface area contributed by atoms with Crippen LogP contribution in [0.4, 0.5) is 0 Å². The van der Waals surface area contributed by atoms with Crippen molar-refractivity contribution in [3.8, 4) is 5.75 Å². The number of carbonyl (C=O) groups is 1. The van der Waals surface area contributed by atoms with Crippen LogP contribution in [0.3, 0.4) is 0 Å². The summed E-state index contributed by atoms with van der Waals surface area (Å²) in [6.07, 6.45) is 1.72. The van der Waals surface area contributed by atoms with Crippen molar-refractivity contribution in [3.63, 3.8) is 0 Å². The third-order valence-electron chi connectivity index (χ3n) is 4.59. The standard InChI is InChI=1S/C23H22ClN3O4S/c24-20-10-12-21(13-11-20)32(30,31)27(15-14-18-6-2-1-3-7-18)17-23(29)26-25-16-19-8-4-5-9-22(19)28/h1-13,16,28H,14-15,17H2,(H,26,29). The Morgan fingerprint density at radius 2 is 1.66 bits per heavy atom. The molecule has 0 aromatic heterocycles. The molecule has 0 unspecified atom stereocenters. The summed E-state index contributed by atoms with van der Waals surface area (Å²) in [7, 11) is -3.94. The number of hydrogen-bond donors (Lipinski definition) is 2. The summed E-state index contributed by atoms with van der Waals surface area (Å²) in [4.78, 5) is 12.5. The Morgan fingerprint density at radius 3 is 2.34 bits per heavy atom. The van der Waals surface area contributed by atoms with Gasteiger partial charge in [0.05, 0.1) is 17.7 Å². The molecule has 9 heteroatoms. The first-order chi connectivity index (χ1) is 15.4. The van der Waals surface area contributed by atoms with E-state index in [1.165, 1.54) is 36.5 Å². The Kier molecular flexibility index (Phi) is 7.99. The molecule has 3 rings (SSSR count). The Bertz CT molecular complexity index is 1180. The molecule has 0 saturated heterocycles. The van der Waals surface area contributed by atoms with Crippen molar-refractivity contribution in [2.45, 2.75) is 11.3 Å². The molecule has 0 spiro atoms. The molecule has 3 aromatic carbocycles. The van der Waals surface area contributed by atoms with Crippen LogP contribution in [0.1, 0.15) is 11.1 Å². The van der Waals surface area contributed by atoms with Gasteiger partial charge in [0.15, 0.2) is 0 Å². The molecule has 32 heavy (non-hydrogen) atoms. The lowest BCUT2D eigenvalue weighted by Crippen LogP contribution is -2.40. The largest absolute Gasteiger partial charge is 0.507 e. The number of para-hydroxylation sites is 1. The molecule has 0 atom stereocenters. The minimum atomic E-state index is -3.94. The van der Waals surface area contributed by atoms with Crippen LogP contribution in [0.2, 0.25) is 5.02 Å². The predicted octanol–water partition coefficient (Wildman–Crippen LogP) is 3.43. The summed E-state index contributed by atoms with van der Waals surface area (Å²) in [5, 5.41) is 14.0. The van der Waals surface area contributed by atoms with E-state index < -0.39 is 22.5 Å². The van der Waals surface area contributed by atoms with E-state index in [1.54, 1.807) is 18.2 Å². The molecule has 166 valence electrons. The summed E-state index contributed by atoms with van der Waals surface area (Å²) in [5.74, 6) is -0.595. The third kappa shape index (κ3) is 6.40. The lowest BCUT2D eigenvalue weighted by atomic mass is 10.1. The van der Waals surface area contributed by atoms with Crippen LogP contribution < -0.4 is 5.43 Å². The van der Waals surface area contributed by atoms with Gasteiger partial charge in [0.2, 0.25) is 10.0 Å². The number of hydrogen-bond acceptors (Lipinski definition) is 5. The van der Waals surface area contributed by atoms with E-state index in [2.05, 4.69) is 10.5 Å². The molecule has 0 aliphatic carbocycles. The lowest BCUT2D eigenvalue weighted by Gasteiger charge is -2.21. The zero-order valence-electron chi connectivity index (χ0n) is 17.1. The molecule has 1 amide bonds. The van der Waals surface area contributed by atoms with Crippen molar-refractivity contribution in [2.75, 3.05) is 13.1 Å². The highest BCUT2D eigenvalue weighted by molar-refractivity contribution is 7.89. The minimum absolute atomic E-state index is 0.0142. The second-order valence-corrected chi connectivity index (χ2v) is 9.25. The number of carbonyl (C=O) groups excluding carboxylic acids is 1. The number of nitrogens with zero attached hydrogens (tertiary/aromatic N) is 2. The number of rotatable bonds is 9. The highest BCUT2D eigenvalue weighted by Crippen LogP contribution is 2.19. The van der Waals surface area contributed by atoms with Gasteiger partial charge in [0.25, 0.3) is 5.91 Å². The summed E-state index contributed by atoms with van der Waals surface area (Å²) < 4.78 is 27.4. The minimum Gasteiger partial charge on any atom is -0.507 e. The molecule has 3 aromatic rings. The van der Waals surface area contributed by atoms with Crippen LogP contribution in [0.5, 0.6) is 5.75 Å². The molecule has 0 saturated carbocycles. The molecule has 0 bridgehead atoms. The van der Waals surface area contributed by atoms with E-state index in [9.17, 15) is 18.3 Å². The number of nitrogens with one attached hydrogen (secondary N) is 1. The molecule has 7 nitrogen and oxygen atoms in total. The van der Waals surface area contributed by atoms with Gasteiger partial charge in [0, 0.05) is 17.1 Å². The van der Waals surface area contributed by atoms with Crippen molar-refractivity contribution in [1.82, 2.24) is 9.73 Å². The van der Waals surface area contributed by atoms with Crippen LogP contribution in [0.25, 0.3) is 0 Å². The van der Waals surface area contributed by atoms with Gasteiger partial charge in [0.1, 0.15) is 5.75 Å². The number of phenolic OH excluding ortho intramolecular Hbond substituents is 1. The van der Waals surface area contributed by atoms with Gasteiger partial charge >= 0.3 is 0 Å². The lowest BCUT2D eigenvalue weighted by molar-refractivity contribution is -0.121. The Hall–Kier alpha value is -3.20. The van der Waals surface area contributed by atoms with Crippen molar-refractivity contribution in [1.29, 1.82) is 0 Å². The maximum absolute atomic E-state index is 13.2. The number of aromatic hydroxyl groups is 1. The molecule has 0 heterocycles. The van der Waals surface area contributed by atoms with Crippen molar-refractivity contribution in [2.24, 2.45) is 5.10 Å². The highest BCUT2D eigenvalue weighted by atomic mass is 35.5. The van der Waals surface area contributed by atoms with Crippen LogP contribution >= 0.6 is 11.6 Å². The second-order valence-electron chi connectivity index (χ2n) is 6.88. The number of phenols is 1.